The first-order chi connectivity index (χ1) is 13.6. The highest BCUT2D eigenvalue weighted by atomic mass is 19.1. The van der Waals surface area contributed by atoms with Gasteiger partial charge in [0.25, 0.3) is 0 Å². The summed E-state index contributed by atoms with van der Waals surface area (Å²) in [6.07, 6.45) is 3.02. The zero-order chi connectivity index (χ0) is 19.5. The number of hydrogen-bond donors (Lipinski definition) is 2. The van der Waals surface area contributed by atoms with Crippen LogP contribution in [0.4, 0.5) is 22.0 Å². The summed E-state index contributed by atoms with van der Waals surface area (Å²) in [5, 5.41) is 6.59. The van der Waals surface area contributed by atoms with Crippen LogP contribution in [-0.4, -0.2) is 34.6 Å². The molecule has 0 saturated carbocycles. The van der Waals surface area contributed by atoms with Crippen molar-refractivity contribution in [2.45, 2.75) is 6.54 Å². The van der Waals surface area contributed by atoms with Crippen LogP contribution in [0.2, 0.25) is 0 Å². The fourth-order valence-corrected chi connectivity index (χ4v) is 2.35. The Hall–Kier alpha value is -4.22. The second kappa shape index (κ2) is 7.19. The molecule has 0 radical (unpaired) electrons. The Morgan fingerprint density at radius 1 is 1.11 bits per heavy atom. The molecule has 3 aromatic heterocycles. The van der Waals surface area contributed by atoms with E-state index < -0.39 is 5.76 Å². The molecule has 0 aliphatic carbocycles. The highest BCUT2D eigenvalue weighted by molar-refractivity contribution is 5.53. The van der Waals surface area contributed by atoms with Crippen molar-refractivity contribution in [3.05, 3.63) is 64.9 Å². The zero-order valence-corrected chi connectivity index (χ0v) is 14.2. The summed E-state index contributed by atoms with van der Waals surface area (Å²) in [7, 11) is 0. The van der Waals surface area contributed by atoms with Gasteiger partial charge in [-0.3, -0.25) is 4.52 Å². The zero-order valence-electron chi connectivity index (χ0n) is 14.2. The molecule has 0 saturated heterocycles. The average molecular weight is 381 g/mol. The molecule has 4 aromatic rings. The number of aromatic nitrogens is 7. The molecule has 4 rings (SSSR count). The molecular weight excluding hydrogens is 369 g/mol. The van der Waals surface area contributed by atoms with Crippen LogP contribution in [0.1, 0.15) is 5.82 Å². The third-order valence-corrected chi connectivity index (χ3v) is 3.55. The molecule has 0 aliphatic heterocycles. The number of nitrogens with one attached hydrogen (secondary N) is 1. The molecule has 140 valence electrons. The molecule has 1 aromatic carbocycles. The van der Waals surface area contributed by atoms with Gasteiger partial charge in [-0.05, 0) is 30.3 Å². The number of hydrogen-bond acceptors (Lipinski definition) is 10. The topological polar surface area (TPSA) is 151 Å². The third-order valence-electron chi connectivity index (χ3n) is 3.55. The number of nitrogens with two attached hydrogens (primary N) is 1. The lowest BCUT2D eigenvalue weighted by atomic mass is 10.3. The van der Waals surface area contributed by atoms with Gasteiger partial charge in [-0.1, -0.05) is 5.16 Å². The lowest BCUT2D eigenvalue weighted by molar-refractivity contribution is 0.377. The van der Waals surface area contributed by atoms with E-state index in [0.717, 1.165) is 0 Å². The minimum atomic E-state index is -0.727. The predicted molar refractivity (Wildman–Crippen MR) is 94.8 cm³/mol. The second-order valence-electron chi connectivity index (χ2n) is 5.50. The van der Waals surface area contributed by atoms with Gasteiger partial charge in [0.1, 0.15) is 5.82 Å². The van der Waals surface area contributed by atoms with Crippen molar-refractivity contribution >= 4 is 17.6 Å². The maximum Gasteiger partial charge on any atom is 0.442 e. The van der Waals surface area contributed by atoms with E-state index in [1.165, 1.54) is 41.2 Å². The first-order valence-electron chi connectivity index (χ1n) is 7.95. The first kappa shape index (κ1) is 17.2. The number of anilines is 3. The van der Waals surface area contributed by atoms with E-state index in [-0.39, 0.29) is 41.7 Å². The van der Waals surface area contributed by atoms with Gasteiger partial charge in [0.15, 0.2) is 11.6 Å². The highest BCUT2D eigenvalue weighted by Gasteiger charge is 2.17. The molecule has 3 heterocycles. The molecule has 12 heteroatoms. The Kier molecular flexibility index (Phi) is 4.42. The Labute approximate surface area is 156 Å². The molecule has 0 spiro atoms. The standard InChI is InChI=1S/C16H12FN9O2/c17-9-2-4-10(5-3-9)21-15-23-11(22-14(18)24-15)8-26-13(25-28-16(26)27)12-19-6-1-7-20-12/h1-7H,8H2,(H3,18,21,22,23,24). The normalized spacial score (nSPS) is 10.8. The van der Waals surface area contributed by atoms with Crippen molar-refractivity contribution in [3.63, 3.8) is 0 Å². The first-order valence-corrected chi connectivity index (χ1v) is 7.95. The largest absolute Gasteiger partial charge is 0.442 e. The van der Waals surface area contributed by atoms with E-state index in [2.05, 4.69) is 35.4 Å². The Bertz CT molecular complexity index is 1160. The van der Waals surface area contributed by atoms with E-state index in [0.29, 0.717) is 5.69 Å². The molecule has 11 nitrogen and oxygen atoms in total. The Morgan fingerprint density at radius 2 is 1.86 bits per heavy atom. The monoisotopic (exact) mass is 381 g/mol. The van der Waals surface area contributed by atoms with Gasteiger partial charge in [-0.15, -0.1) is 0 Å². The summed E-state index contributed by atoms with van der Waals surface area (Å²) in [6, 6.07) is 7.24. The van der Waals surface area contributed by atoms with Gasteiger partial charge in [-0.25, -0.2) is 23.7 Å². The van der Waals surface area contributed by atoms with Crippen LogP contribution in [0.25, 0.3) is 11.6 Å². The molecule has 28 heavy (non-hydrogen) atoms. The van der Waals surface area contributed by atoms with Crippen LogP contribution in [-0.2, 0) is 6.54 Å². The minimum absolute atomic E-state index is 0.0587. The second-order valence-corrected chi connectivity index (χ2v) is 5.50. The SMILES string of the molecule is Nc1nc(Cn2c(-c3ncccn3)noc2=O)nc(Nc2ccc(F)cc2)n1. The predicted octanol–water partition coefficient (Wildman–Crippen LogP) is 0.991. The summed E-state index contributed by atoms with van der Waals surface area (Å²) >= 11 is 0. The van der Waals surface area contributed by atoms with E-state index in [1.54, 1.807) is 6.07 Å². The maximum atomic E-state index is 13.0. The quantitative estimate of drug-likeness (QED) is 0.512. The van der Waals surface area contributed by atoms with Crippen molar-refractivity contribution in [2.75, 3.05) is 11.1 Å². The van der Waals surface area contributed by atoms with Gasteiger partial charge in [0.2, 0.25) is 17.7 Å². The molecule has 0 atom stereocenters. The molecule has 0 fully saturated rings. The van der Waals surface area contributed by atoms with Crippen LogP contribution >= 0.6 is 0 Å². The van der Waals surface area contributed by atoms with Crippen LogP contribution in [0.5, 0.6) is 0 Å². The van der Waals surface area contributed by atoms with E-state index in [4.69, 9.17) is 10.3 Å². The van der Waals surface area contributed by atoms with E-state index >= 15 is 0 Å². The molecule has 0 aliphatic rings. The minimum Gasteiger partial charge on any atom is -0.368 e. The van der Waals surface area contributed by atoms with Crippen molar-refractivity contribution < 1.29 is 8.91 Å². The maximum absolute atomic E-state index is 13.0. The van der Waals surface area contributed by atoms with Crippen LogP contribution in [0.15, 0.2) is 52.0 Å². The van der Waals surface area contributed by atoms with Gasteiger partial charge in [0.05, 0.1) is 6.54 Å². The lowest BCUT2D eigenvalue weighted by Crippen LogP contribution is -2.19. The number of nitrogen functional groups attached to an aromatic ring is 1. The van der Waals surface area contributed by atoms with Crippen LogP contribution in [0, 0.1) is 5.82 Å². The van der Waals surface area contributed by atoms with Crippen molar-refractivity contribution in [3.8, 4) is 11.6 Å². The van der Waals surface area contributed by atoms with Crippen LogP contribution < -0.4 is 16.8 Å². The van der Waals surface area contributed by atoms with Gasteiger partial charge in [0, 0.05) is 18.1 Å². The smallest absolute Gasteiger partial charge is 0.368 e. The Balaban J connectivity index is 1.64. The van der Waals surface area contributed by atoms with Crippen molar-refractivity contribution in [1.29, 1.82) is 0 Å². The Morgan fingerprint density at radius 3 is 2.61 bits per heavy atom. The van der Waals surface area contributed by atoms with E-state index in [1.807, 2.05) is 0 Å². The summed E-state index contributed by atoms with van der Waals surface area (Å²) in [5.74, 6) is -0.511. The summed E-state index contributed by atoms with van der Waals surface area (Å²) in [6.45, 7) is -0.0965. The summed E-state index contributed by atoms with van der Waals surface area (Å²) in [4.78, 5) is 32.4. The lowest BCUT2D eigenvalue weighted by Gasteiger charge is -2.08. The van der Waals surface area contributed by atoms with Crippen molar-refractivity contribution in [2.24, 2.45) is 0 Å². The number of halogens is 1. The van der Waals surface area contributed by atoms with E-state index in [9.17, 15) is 9.18 Å². The fourth-order valence-electron chi connectivity index (χ4n) is 2.35. The molecule has 3 N–H and O–H groups in total. The van der Waals surface area contributed by atoms with Crippen LogP contribution in [0.3, 0.4) is 0 Å². The summed E-state index contributed by atoms with van der Waals surface area (Å²) in [5.41, 5.74) is 6.29. The summed E-state index contributed by atoms with van der Waals surface area (Å²) < 4.78 is 18.9. The molecule has 0 amide bonds. The van der Waals surface area contributed by atoms with Gasteiger partial charge in [-0.2, -0.15) is 15.0 Å². The van der Waals surface area contributed by atoms with Crippen molar-refractivity contribution in [1.82, 2.24) is 34.6 Å². The van der Waals surface area contributed by atoms with Gasteiger partial charge >= 0.3 is 5.76 Å². The number of benzene rings is 1. The molecule has 0 bridgehead atoms. The van der Waals surface area contributed by atoms with Gasteiger partial charge < -0.3 is 11.1 Å². The fraction of sp³-hybridized carbons (Fsp3) is 0.0625. The highest BCUT2D eigenvalue weighted by Crippen LogP contribution is 2.15. The third kappa shape index (κ3) is 3.65. The molecule has 0 unspecified atom stereocenters. The average Bonchev–Trinajstić information content (AvgIpc) is 3.04. The number of nitrogens with zero attached hydrogens (tertiary/aromatic N) is 7. The number of rotatable bonds is 5. The molecular formula is C16H12FN9O2.